The van der Waals surface area contributed by atoms with Crippen LogP contribution in [0.15, 0.2) is 87.7 Å². The van der Waals surface area contributed by atoms with Crippen molar-refractivity contribution in [3.63, 3.8) is 0 Å². The summed E-state index contributed by atoms with van der Waals surface area (Å²) in [5.41, 5.74) is 4.98. The quantitative estimate of drug-likeness (QED) is 0.141. The normalized spacial score (nSPS) is 17.8. The number of amides is 2. The van der Waals surface area contributed by atoms with Gasteiger partial charge in [0, 0.05) is 39.2 Å². The number of carbonyl (C=O) groups is 2. The summed E-state index contributed by atoms with van der Waals surface area (Å²) in [7, 11) is 6.34. The van der Waals surface area contributed by atoms with Crippen LogP contribution < -0.4 is 29.0 Å². The molecule has 0 saturated carbocycles. The third-order valence-electron chi connectivity index (χ3n) is 8.99. The smallest absolute Gasteiger partial charge is 0.259 e. The summed E-state index contributed by atoms with van der Waals surface area (Å²) in [6.45, 7) is 3.61. The summed E-state index contributed by atoms with van der Waals surface area (Å²) < 4.78 is 21.7. The average molecular weight is 723 g/mol. The topological polar surface area (TPSA) is 128 Å². The van der Waals surface area contributed by atoms with E-state index in [1.54, 1.807) is 48.4 Å². The number of hydrogen-bond donors (Lipinski definition) is 0. The molecule has 2 aromatic heterocycles. The van der Waals surface area contributed by atoms with Crippen LogP contribution in [0.4, 0.5) is 10.3 Å². The largest absolute Gasteiger partial charge is 0.497 e. The van der Waals surface area contributed by atoms with E-state index in [1.807, 2.05) is 71.4 Å². The molecule has 0 radical (unpaired) electrons. The molecule has 2 aliphatic rings. The SMILES string of the molecule is COc1ccc(-c2csc(N3N=C(C)C(C(c4ccc(OC)c(OC)c4)C4C(=O)N(c5nc(-c6ccc(OC)cc6)cs5)N=C4C)C3=O)n2)cc1. The number of nitrogens with zero attached hydrogens (tertiary/aromatic N) is 6. The zero-order valence-electron chi connectivity index (χ0n) is 28.7. The lowest BCUT2D eigenvalue weighted by molar-refractivity contribution is -0.122. The van der Waals surface area contributed by atoms with Crippen molar-refractivity contribution >= 4 is 56.2 Å². The predicted molar refractivity (Wildman–Crippen MR) is 199 cm³/mol. The second kappa shape index (κ2) is 14.0. The molecule has 3 aromatic carbocycles. The van der Waals surface area contributed by atoms with E-state index in [1.165, 1.54) is 32.7 Å². The number of carbonyl (C=O) groups excluding carboxylic acids is 2. The van der Waals surface area contributed by atoms with Crippen molar-refractivity contribution in [3.8, 4) is 45.5 Å². The maximum Gasteiger partial charge on any atom is 0.259 e. The van der Waals surface area contributed by atoms with Gasteiger partial charge in [-0.3, -0.25) is 9.59 Å². The fourth-order valence-electron chi connectivity index (χ4n) is 6.41. The highest BCUT2D eigenvalue weighted by molar-refractivity contribution is 7.14. The molecule has 14 heteroatoms. The standard InChI is InChI=1S/C37H34N6O6S2/c1-20-31(34(44)42(40-20)36-38-27(18-50-36)22-7-12-25(46-3)13-8-22)33(24-11-16-29(48-5)30(17-24)49-6)32-21(2)41-43(35(32)45)37-39-28(19-51-37)23-9-14-26(47-4)15-10-23/h7-19,31-33H,1-6H3. The van der Waals surface area contributed by atoms with Gasteiger partial charge in [-0.1, -0.05) is 6.07 Å². The van der Waals surface area contributed by atoms with Crippen molar-refractivity contribution in [1.82, 2.24) is 9.97 Å². The molecule has 0 saturated heterocycles. The van der Waals surface area contributed by atoms with Crippen LogP contribution in [0, 0.1) is 11.8 Å². The van der Waals surface area contributed by atoms with Gasteiger partial charge >= 0.3 is 0 Å². The van der Waals surface area contributed by atoms with Crippen molar-refractivity contribution in [2.75, 3.05) is 38.5 Å². The molecule has 2 atom stereocenters. The van der Waals surface area contributed by atoms with Gasteiger partial charge in [-0.15, -0.1) is 22.7 Å². The van der Waals surface area contributed by atoms with E-state index in [2.05, 4.69) is 0 Å². The number of aromatic nitrogens is 2. The molecule has 51 heavy (non-hydrogen) atoms. The summed E-state index contributed by atoms with van der Waals surface area (Å²) >= 11 is 2.64. The van der Waals surface area contributed by atoms with Gasteiger partial charge in [0.1, 0.15) is 11.5 Å². The highest BCUT2D eigenvalue weighted by Gasteiger charge is 2.51. The summed E-state index contributed by atoms with van der Waals surface area (Å²) in [6.07, 6.45) is 0. The van der Waals surface area contributed by atoms with Gasteiger partial charge in [-0.05, 0) is 80.1 Å². The monoisotopic (exact) mass is 722 g/mol. The fourth-order valence-corrected chi connectivity index (χ4v) is 7.98. The molecule has 0 fully saturated rings. The van der Waals surface area contributed by atoms with Gasteiger partial charge in [-0.25, -0.2) is 9.97 Å². The Morgan fingerprint density at radius 3 is 1.47 bits per heavy atom. The predicted octanol–water partition coefficient (Wildman–Crippen LogP) is 7.13. The molecule has 5 aromatic rings. The van der Waals surface area contributed by atoms with Crippen molar-refractivity contribution < 1.29 is 28.5 Å². The molecule has 0 spiro atoms. The molecule has 7 rings (SSSR count). The minimum atomic E-state index is -0.804. The Balaban J connectivity index is 1.23. The number of benzene rings is 3. The molecule has 4 heterocycles. The Morgan fingerprint density at radius 2 is 1.06 bits per heavy atom. The van der Waals surface area contributed by atoms with Crippen molar-refractivity contribution in [2.24, 2.45) is 22.0 Å². The molecular weight excluding hydrogens is 689 g/mol. The van der Waals surface area contributed by atoms with Crippen molar-refractivity contribution in [1.29, 1.82) is 0 Å². The second-order valence-electron chi connectivity index (χ2n) is 11.9. The Labute approximate surface area is 302 Å². The number of rotatable bonds is 11. The molecule has 2 aliphatic heterocycles. The van der Waals surface area contributed by atoms with Gasteiger partial charge in [0.25, 0.3) is 11.8 Å². The van der Waals surface area contributed by atoms with Gasteiger partial charge in [0.05, 0.1) is 51.7 Å². The van der Waals surface area contributed by atoms with Crippen LogP contribution in [-0.2, 0) is 9.59 Å². The molecule has 2 unspecified atom stereocenters. The van der Waals surface area contributed by atoms with Crippen molar-refractivity contribution in [3.05, 3.63) is 83.1 Å². The van der Waals surface area contributed by atoms with Gasteiger partial charge in [-0.2, -0.15) is 20.2 Å². The second-order valence-corrected chi connectivity index (χ2v) is 13.5. The summed E-state index contributed by atoms with van der Waals surface area (Å²) in [5.74, 6) is -0.410. The lowest BCUT2D eigenvalue weighted by atomic mass is 9.73. The van der Waals surface area contributed by atoms with Crippen LogP contribution in [0.1, 0.15) is 25.3 Å². The molecule has 0 bridgehead atoms. The molecular formula is C37H34N6O6S2. The van der Waals surface area contributed by atoms with E-state index in [0.717, 1.165) is 22.6 Å². The first kappa shape index (κ1) is 33.9. The van der Waals surface area contributed by atoms with Gasteiger partial charge in [0.15, 0.2) is 11.5 Å². The van der Waals surface area contributed by atoms with Gasteiger partial charge in [0.2, 0.25) is 10.3 Å². The first-order chi connectivity index (χ1) is 24.7. The number of methoxy groups -OCH3 is 4. The lowest BCUT2D eigenvalue weighted by Gasteiger charge is -2.28. The van der Waals surface area contributed by atoms with E-state index < -0.39 is 17.8 Å². The summed E-state index contributed by atoms with van der Waals surface area (Å²) in [6, 6.07) is 20.5. The highest BCUT2D eigenvalue weighted by atomic mass is 32.1. The van der Waals surface area contributed by atoms with E-state index >= 15 is 0 Å². The molecule has 0 N–H and O–H groups in total. The maximum atomic E-state index is 14.5. The third-order valence-corrected chi connectivity index (χ3v) is 10.6. The number of anilines is 2. The molecule has 2 amide bonds. The zero-order valence-corrected chi connectivity index (χ0v) is 30.3. The van der Waals surface area contributed by atoms with E-state index in [-0.39, 0.29) is 11.8 Å². The molecule has 12 nitrogen and oxygen atoms in total. The average Bonchev–Trinajstić information content (AvgIpc) is 3.96. The van der Waals surface area contributed by atoms with Crippen LogP contribution >= 0.6 is 22.7 Å². The minimum absolute atomic E-state index is 0.294. The van der Waals surface area contributed by atoms with Crippen molar-refractivity contribution in [2.45, 2.75) is 19.8 Å². The lowest BCUT2D eigenvalue weighted by Crippen LogP contribution is -2.40. The first-order valence-electron chi connectivity index (χ1n) is 15.9. The molecule has 0 aliphatic carbocycles. The van der Waals surface area contributed by atoms with Crippen LogP contribution in [-0.4, -0.2) is 61.6 Å². The zero-order chi connectivity index (χ0) is 35.8. The Bertz CT molecular complexity index is 2030. The van der Waals surface area contributed by atoms with Crippen LogP contribution in [0.2, 0.25) is 0 Å². The number of ether oxygens (including phenoxy) is 4. The Morgan fingerprint density at radius 1 is 0.608 bits per heavy atom. The van der Waals surface area contributed by atoms with Gasteiger partial charge < -0.3 is 18.9 Å². The highest BCUT2D eigenvalue weighted by Crippen LogP contribution is 2.45. The van der Waals surface area contributed by atoms with E-state index in [0.29, 0.717) is 50.1 Å². The minimum Gasteiger partial charge on any atom is -0.497 e. The summed E-state index contributed by atoms with van der Waals surface area (Å²) in [4.78, 5) is 38.5. The maximum absolute atomic E-state index is 14.5. The summed E-state index contributed by atoms with van der Waals surface area (Å²) in [5, 5.41) is 16.7. The molecule has 260 valence electrons. The number of thiazole rings is 2. The Hall–Kier alpha value is -5.60. The first-order valence-corrected chi connectivity index (χ1v) is 17.7. The van der Waals surface area contributed by atoms with Crippen LogP contribution in [0.3, 0.4) is 0 Å². The third kappa shape index (κ3) is 6.21. The van der Waals surface area contributed by atoms with Crippen LogP contribution in [0.5, 0.6) is 23.0 Å². The fraction of sp³-hybridized carbons (Fsp3) is 0.243. The van der Waals surface area contributed by atoms with E-state index in [4.69, 9.17) is 39.1 Å². The van der Waals surface area contributed by atoms with Crippen LogP contribution in [0.25, 0.3) is 22.5 Å². The number of hydrogen-bond acceptors (Lipinski definition) is 12. The van der Waals surface area contributed by atoms with E-state index in [9.17, 15) is 9.59 Å². The number of hydrazone groups is 2. The Kier molecular flexibility index (Phi) is 9.27.